The highest BCUT2D eigenvalue weighted by molar-refractivity contribution is 5.74. The lowest BCUT2D eigenvalue weighted by Crippen LogP contribution is -2.37. The molecule has 0 unspecified atom stereocenters. The van der Waals surface area contributed by atoms with Crippen molar-refractivity contribution in [3.05, 3.63) is 41.8 Å². The lowest BCUT2D eigenvalue weighted by Gasteiger charge is -2.18. The highest BCUT2D eigenvalue weighted by Gasteiger charge is 2.14. The van der Waals surface area contributed by atoms with Gasteiger partial charge in [0, 0.05) is 31.3 Å². The van der Waals surface area contributed by atoms with Crippen LogP contribution in [0.1, 0.15) is 18.9 Å². The van der Waals surface area contributed by atoms with E-state index in [9.17, 15) is 9.18 Å². The van der Waals surface area contributed by atoms with Crippen LogP contribution < -0.4 is 5.32 Å². The van der Waals surface area contributed by atoms with Crippen molar-refractivity contribution in [2.24, 2.45) is 5.92 Å². The van der Waals surface area contributed by atoms with E-state index in [1.807, 2.05) is 6.92 Å². The van der Waals surface area contributed by atoms with Crippen LogP contribution >= 0.6 is 0 Å². The quantitative estimate of drug-likeness (QED) is 0.727. The number of aromatic nitrogens is 2. The van der Waals surface area contributed by atoms with Gasteiger partial charge in [0.15, 0.2) is 0 Å². The maximum atomic E-state index is 13.0. The molecule has 2 aromatic rings. The third kappa shape index (κ3) is 4.79. The van der Waals surface area contributed by atoms with Crippen LogP contribution in [0.25, 0.3) is 11.3 Å². The Morgan fingerprint density at radius 3 is 2.79 bits per heavy atom. The van der Waals surface area contributed by atoms with Crippen molar-refractivity contribution in [2.45, 2.75) is 19.9 Å². The molecule has 7 heteroatoms. The summed E-state index contributed by atoms with van der Waals surface area (Å²) in [6, 6.07) is 5.93. The first-order valence-electron chi connectivity index (χ1n) is 7.89. The van der Waals surface area contributed by atoms with E-state index in [0.717, 1.165) is 23.2 Å². The van der Waals surface area contributed by atoms with Gasteiger partial charge in [-0.3, -0.25) is 5.10 Å². The summed E-state index contributed by atoms with van der Waals surface area (Å²) in [6.45, 7) is 2.93. The van der Waals surface area contributed by atoms with E-state index in [1.54, 1.807) is 30.3 Å². The number of aromatic amines is 1. The van der Waals surface area contributed by atoms with Crippen molar-refractivity contribution >= 4 is 6.03 Å². The second kappa shape index (κ2) is 8.44. The lowest BCUT2D eigenvalue weighted by molar-refractivity contribution is 0.202. The first-order valence-corrected chi connectivity index (χ1v) is 7.89. The van der Waals surface area contributed by atoms with Gasteiger partial charge in [-0.05, 0) is 36.6 Å². The number of carbonyl (C=O) groups is 1. The zero-order chi connectivity index (χ0) is 17.5. The van der Waals surface area contributed by atoms with Gasteiger partial charge in [-0.1, -0.05) is 6.92 Å². The Morgan fingerprint density at radius 1 is 1.42 bits per heavy atom. The molecule has 0 fully saturated rings. The molecule has 1 aromatic carbocycles. The van der Waals surface area contributed by atoms with Crippen LogP contribution in [0, 0.1) is 11.7 Å². The van der Waals surface area contributed by atoms with E-state index in [1.165, 1.54) is 12.1 Å². The van der Waals surface area contributed by atoms with Crippen LogP contribution in [-0.4, -0.2) is 46.4 Å². The summed E-state index contributed by atoms with van der Waals surface area (Å²) in [5.74, 6) is -0.136. The molecule has 0 aliphatic rings. The van der Waals surface area contributed by atoms with Crippen LogP contribution in [0.15, 0.2) is 30.5 Å². The molecular formula is C17H23FN4O2. The zero-order valence-electron chi connectivity index (χ0n) is 13.9. The number of nitrogens with one attached hydrogen (secondary N) is 2. The van der Waals surface area contributed by atoms with Gasteiger partial charge in [0.2, 0.25) is 0 Å². The van der Waals surface area contributed by atoms with E-state index in [0.29, 0.717) is 13.1 Å². The second-order valence-corrected chi connectivity index (χ2v) is 5.94. The summed E-state index contributed by atoms with van der Waals surface area (Å²) in [5, 5.41) is 18.7. The first-order chi connectivity index (χ1) is 11.5. The zero-order valence-corrected chi connectivity index (χ0v) is 13.9. The average Bonchev–Trinajstić information content (AvgIpc) is 3.03. The Kier molecular flexibility index (Phi) is 6.31. The van der Waals surface area contributed by atoms with Crippen molar-refractivity contribution in [1.29, 1.82) is 0 Å². The molecule has 0 saturated heterocycles. The van der Waals surface area contributed by atoms with Crippen molar-refractivity contribution in [3.8, 4) is 11.3 Å². The number of H-pyrrole nitrogens is 1. The van der Waals surface area contributed by atoms with Gasteiger partial charge >= 0.3 is 6.03 Å². The smallest absolute Gasteiger partial charge is 0.317 e. The molecule has 3 N–H and O–H groups in total. The third-order valence-corrected chi connectivity index (χ3v) is 3.83. The van der Waals surface area contributed by atoms with Crippen molar-refractivity contribution in [2.75, 3.05) is 20.2 Å². The number of benzene rings is 1. The van der Waals surface area contributed by atoms with Gasteiger partial charge in [-0.15, -0.1) is 0 Å². The number of halogens is 1. The molecule has 2 amide bonds. The number of hydrogen-bond acceptors (Lipinski definition) is 3. The molecule has 0 radical (unpaired) electrons. The highest BCUT2D eigenvalue weighted by Crippen LogP contribution is 2.22. The number of amides is 2. The molecule has 1 aromatic heterocycles. The Labute approximate surface area is 140 Å². The molecule has 0 aliphatic carbocycles. The molecule has 1 atom stereocenters. The third-order valence-electron chi connectivity index (χ3n) is 3.83. The molecule has 6 nitrogen and oxygen atoms in total. The first kappa shape index (κ1) is 17.9. The number of aliphatic hydroxyl groups is 1. The SMILES string of the molecule is C[C@@H](CO)CCNC(=O)N(C)Cc1cn[nH]c1-c1ccc(F)cc1. The van der Waals surface area contributed by atoms with Crippen LogP contribution in [-0.2, 0) is 6.54 Å². The maximum absolute atomic E-state index is 13.0. The Balaban J connectivity index is 1.95. The lowest BCUT2D eigenvalue weighted by atomic mass is 10.1. The van der Waals surface area contributed by atoms with Crippen molar-refractivity contribution < 1.29 is 14.3 Å². The van der Waals surface area contributed by atoms with E-state index in [-0.39, 0.29) is 24.4 Å². The molecular weight excluding hydrogens is 311 g/mol. The van der Waals surface area contributed by atoms with Crippen LogP contribution in [0.2, 0.25) is 0 Å². The molecule has 0 saturated carbocycles. The second-order valence-electron chi connectivity index (χ2n) is 5.94. The summed E-state index contributed by atoms with van der Waals surface area (Å²) >= 11 is 0. The fourth-order valence-corrected chi connectivity index (χ4v) is 2.28. The van der Waals surface area contributed by atoms with Crippen molar-refractivity contribution in [1.82, 2.24) is 20.4 Å². The minimum Gasteiger partial charge on any atom is -0.396 e. The summed E-state index contributed by atoms with van der Waals surface area (Å²) in [5.41, 5.74) is 2.43. The van der Waals surface area contributed by atoms with E-state index >= 15 is 0 Å². The van der Waals surface area contributed by atoms with E-state index in [4.69, 9.17) is 5.11 Å². The molecule has 0 bridgehead atoms. The van der Waals surface area contributed by atoms with Gasteiger partial charge in [0.1, 0.15) is 5.82 Å². The standard InChI is InChI=1S/C17H23FN4O2/c1-12(11-23)7-8-19-17(24)22(2)10-14-9-20-21-16(14)13-3-5-15(18)6-4-13/h3-6,9,12,23H,7-8,10-11H2,1-2H3,(H,19,24)(H,20,21)/t12-/m1/s1. The van der Waals surface area contributed by atoms with Crippen molar-refractivity contribution in [3.63, 3.8) is 0 Å². The normalized spacial score (nSPS) is 12.0. The Morgan fingerprint density at radius 2 is 2.12 bits per heavy atom. The largest absolute Gasteiger partial charge is 0.396 e. The maximum Gasteiger partial charge on any atom is 0.317 e. The molecule has 24 heavy (non-hydrogen) atoms. The van der Waals surface area contributed by atoms with Gasteiger partial charge < -0.3 is 15.3 Å². The predicted molar refractivity (Wildman–Crippen MR) is 89.7 cm³/mol. The van der Waals surface area contributed by atoms with Gasteiger partial charge in [-0.2, -0.15) is 5.10 Å². The van der Waals surface area contributed by atoms with Gasteiger partial charge in [0.25, 0.3) is 0 Å². The van der Waals surface area contributed by atoms with Crippen LogP contribution in [0.4, 0.5) is 9.18 Å². The fraction of sp³-hybridized carbons (Fsp3) is 0.412. The van der Waals surface area contributed by atoms with Gasteiger partial charge in [-0.25, -0.2) is 9.18 Å². The molecule has 1 heterocycles. The number of hydrogen-bond donors (Lipinski definition) is 3. The number of rotatable bonds is 7. The average molecular weight is 334 g/mol. The summed E-state index contributed by atoms with van der Waals surface area (Å²) in [7, 11) is 1.70. The molecule has 2 rings (SSSR count). The summed E-state index contributed by atoms with van der Waals surface area (Å²) < 4.78 is 13.0. The monoisotopic (exact) mass is 334 g/mol. The summed E-state index contributed by atoms with van der Waals surface area (Å²) in [6.07, 6.45) is 2.39. The number of aliphatic hydroxyl groups excluding tert-OH is 1. The fourth-order valence-electron chi connectivity index (χ4n) is 2.28. The predicted octanol–water partition coefficient (Wildman–Crippen LogP) is 2.38. The number of urea groups is 1. The Bertz CT molecular complexity index is 657. The van der Waals surface area contributed by atoms with Crippen LogP contribution in [0.5, 0.6) is 0 Å². The number of carbonyl (C=O) groups excluding carboxylic acids is 1. The minimum atomic E-state index is -0.298. The highest BCUT2D eigenvalue weighted by atomic mass is 19.1. The topological polar surface area (TPSA) is 81.2 Å². The van der Waals surface area contributed by atoms with E-state index in [2.05, 4.69) is 15.5 Å². The van der Waals surface area contributed by atoms with Crippen LogP contribution in [0.3, 0.4) is 0 Å². The van der Waals surface area contributed by atoms with Gasteiger partial charge in [0.05, 0.1) is 18.4 Å². The van der Waals surface area contributed by atoms with E-state index < -0.39 is 0 Å². The summed E-state index contributed by atoms with van der Waals surface area (Å²) in [4.78, 5) is 13.7. The molecule has 130 valence electrons. The number of nitrogens with zero attached hydrogens (tertiary/aromatic N) is 2. The molecule has 0 spiro atoms. The minimum absolute atomic E-state index is 0.113. The Hall–Kier alpha value is -2.41. The molecule has 0 aliphatic heterocycles.